The highest BCUT2D eigenvalue weighted by molar-refractivity contribution is 5.90. The third-order valence-electron chi connectivity index (χ3n) is 2.99. The van der Waals surface area contributed by atoms with Gasteiger partial charge in [-0.1, -0.05) is 0 Å². The summed E-state index contributed by atoms with van der Waals surface area (Å²) in [6.45, 7) is 7.21. The molecule has 0 atom stereocenters. The first-order valence-electron chi connectivity index (χ1n) is 6.48. The van der Waals surface area contributed by atoms with Crippen molar-refractivity contribution in [3.8, 4) is 6.07 Å². The molecule has 1 aliphatic heterocycles. The van der Waals surface area contributed by atoms with E-state index in [0.717, 1.165) is 0 Å². The molecular weight excluding hydrogens is 274 g/mol. The highest BCUT2D eigenvalue weighted by atomic mass is 16.6. The van der Waals surface area contributed by atoms with E-state index in [2.05, 4.69) is 0 Å². The fourth-order valence-electron chi connectivity index (χ4n) is 2.02. The summed E-state index contributed by atoms with van der Waals surface area (Å²) in [7, 11) is 0. The van der Waals surface area contributed by atoms with Crippen LogP contribution in [-0.2, 0) is 9.53 Å². The summed E-state index contributed by atoms with van der Waals surface area (Å²) < 4.78 is 5.01. The molecule has 0 unspecified atom stereocenters. The lowest BCUT2D eigenvalue weighted by Crippen LogP contribution is -2.33. The number of allylic oxidation sites excluding steroid dienone is 4. The van der Waals surface area contributed by atoms with Crippen LogP contribution in [0.5, 0.6) is 0 Å². The molecule has 21 heavy (non-hydrogen) atoms. The van der Waals surface area contributed by atoms with Gasteiger partial charge in [-0.2, -0.15) is 5.26 Å². The Bertz CT molecular complexity index is 594. The lowest BCUT2D eigenvalue weighted by atomic mass is 9.99. The van der Waals surface area contributed by atoms with Gasteiger partial charge in [0.1, 0.15) is 5.70 Å². The largest absolute Gasteiger partial charge is 0.461 e. The molecule has 0 radical (unpaired) electrons. The maximum absolute atomic E-state index is 12.1. The van der Waals surface area contributed by atoms with Crippen LogP contribution in [0.2, 0.25) is 0 Å². The van der Waals surface area contributed by atoms with E-state index >= 15 is 0 Å². The zero-order chi connectivity index (χ0) is 16.2. The number of carbonyl (C=O) groups excluding carboxylic acids is 1. The van der Waals surface area contributed by atoms with Gasteiger partial charge < -0.3 is 9.64 Å². The number of carbonyl (C=O) groups is 1. The van der Waals surface area contributed by atoms with E-state index in [1.807, 2.05) is 13.8 Å². The smallest absolute Gasteiger partial charge is 0.355 e. The van der Waals surface area contributed by atoms with Crippen LogP contribution >= 0.6 is 0 Å². The van der Waals surface area contributed by atoms with Crippen LogP contribution in [0.1, 0.15) is 27.7 Å². The van der Waals surface area contributed by atoms with E-state index < -0.39 is 16.6 Å². The van der Waals surface area contributed by atoms with E-state index in [4.69, 9.17) is 10.00 Å². The highest BCUT2D eigenvalue weighted by Gasteiger charge is 2.30. The summed E-state index contributed by atoms with van der Waals surface area (Å²) >= 11 is 0. The number of nitriles is 1. The molecule has 0 N–H and O–H groups in total. The molecule has 112 valence electrons. The number of nitrogens with zero attached hydrogens (tertiary/aromatic N) is 3. The average Bonchev–Trinajstić information content (AvgIpc) is 2.40. The highest BCUT2D eigenvalue weighted by Crippen LogP contribution is 2.29. The van der Waals surface area contributed by atoms with Gasteiger partial charge >= 0.3 is 11.7 Å². The van der Waals surface area contributed by atoms with E-state index in [1.54, 1.807) is 31.0 Å². The third kappa shape index (κ3) is 3.28. The molecule has 0 aromatic heterocycles. The normalized spacial score (nSPS) is 16.9. The minimum absolute atomic E-state index is 0.0294. The minimum atomic E-state index is -0.753. The Hall–Kier alpha value is -2.62. The fourth-order valence-corrected chi connectivity index (χ4v) is 2.02. The first-order chi connectivity index (χ1) is 9.84. The first-order valence-corrected chi connectivity index (χ1v) is 6.48. The molecule has 7 nitrogen and oxygen atoms in total. The van der Waals surface area contributed by atoms with Gasteiger partial charge in [0.2, 0.25) is 0 Å². The molecule has 7 heteroatoms. The number of nitro groups is 1. The van der Waals surface area contributed by atoms with E-state index in [9.17, 15) is 14.9 Å². The van der Waals surface area contributed by atoms with Crippen molar-refractivity contribution in [2.45, 2.75) is 33.7 Å². The van der Waals surface area contributed by atoms with Gasteiger partial charge in [0.05, 0.1) is 17.1 Å². The quantitative estimate of drug-likeness (QED) is 0.340. The molecular formula is C14H17N3O4. The number of hydrogen-bond donors (Lipinski definition) is 0. The molecule has 1 heterocycles. The second-order valence-electron chi connectivity index (χ2n) is 4.64. The number of hydrogen-bond acceptors (Lipinski definition) is 6. The lowest BCUT2D eigenvalue weighted by Gasteiger charge is -2.30. The summed E-state index contributed by atoms with van der Waals surface area (Å²) in [4.78, 5) is 24.0. The Balaban J connectivity index is 3.50. The van der Waals surface area contributed by atoms with Crippen molar-refractivity contribution in [2.75, 3.05) is 6.61 Å². The molecule has 0 saturated heterocycles. The summed E-state index contributed by atoms with van der Waals surface area (Å²) in [6, 6.07) is 1.53. The van der Waals surface area contributed by atoms with Crippen LogP contribution < -0.4 is 0 Å². The topological polar surface area (TPSA) is 96.5 Å². The summed E-state index contributed by atoms with van der Waals surface area (Å²) in [5, 5.41) is 19.9. The maximum Gasteiger partial charge on any atom is 0.355 e. The standard InChI is InChI=1S/C14H17N3O4/c1-5-21-14(18)13-10(4)11(12(8-15)17(19)20)6-7-16(13)9(2)3/h6-7,9H,5H2,1-4H3/b12-11+. The number of rotatable bonds is 4. The molecule has 0 aromatic rings. The second kappa shape index (κ2) is 6.70. The predicted octanol–water partition coefficient (Wildman–Crippen LogP) is 2.12. The van der Waals surface area contributed by atoms with Crippen molar-refractivity contribution in [1.29, 1.82) is 5.26 Å². The van der Waals surface area contributed by atoms with Gasteiger partial charge in [-0.3, -0.25) is 10.1 Å². The molecule has 0 spiro atoms. The fraction of sp³-hybridized carbons (Fsp3) is 0.429. The number of ether oxygens (including phenoxy) is 1. The van der Waals surface area contributed by atoms with Crippen molar-refractivity contribution < 1.29 is 14.5 Å². The van der Waals surface area contributed by atoms with Crippen LogP contribution in [0.15, 0.2) is 34.8 Å². The van der Waals surface area contributed by atoms with Gasteiger partial charge in [-0.25, -0.2) is 4.79 Å². The zero-order valence-corrected chi connectivity index (χ0v) is 12.4. The van der Waals surface area contributed by atoms with Crippen LogP contribution in [0.3, 0.4) is 0 Å². The molecule has 1 rings (SSSR count). The van der Waals surface area contributed by atoms with Gasteiger partial charge in [0.25, 0.3) is 0 Å². The first kappa shape index (κ1) is 16.4. The van der Waals surface area contributed by atoms with Crippen molar-refractivity contribution >= 4 is 5.97 Å². The third-order valence-corrected chi connectivity index (χ3v) is 2.99. The molecule has 0 aromatic carbocycles. The van der Waals surface area contributed by atoms with E-state index in [-0.39, 0.29) is 23.9 Å². The predicted molar refractivity (Wildman–Crippen MR) is 75.1 cm³/mol. The van der Waals surface area contributed by atoms with Gasteiger partial charge in [-0.05, 0) is 39.3 Å². The van der Waals surface area contributed by atoms with Crippen LogP contribution in [0, 0.1) is 21.4 Å². The van der Waals surface area contributed by atoms with E-state index in [1.165, 1.54) is 6.08 Å². The van der Waals surface area contributed by atoms with E-state index in [0.29, 0.717) is 5.57 Å². The van der Waals surface area contributed by atoms with Gasteiger partial charge in [0.15, 0.2) is 6.07 Å². The SMILES string of the molecule is CCOC(=O)C1=C(C)/C(=C(\C#N)[N+](=O)[O-])C=CN1C(C)C. The molecule has 0 fully saturated rings. The van der Waals surface area contributed by atoms with Crippen molar-refractivity contribution in [3.63, 3.8) is 0 Å². The van der Waals surface area contributed by atoms with Crippen LogP contribution in [-0.4, -0.2) is 28.4 Å². The minimum Gasteiger partial charge on any atom is -0.461 e. The average molecular weight is 291 g/mol. The Labute approximate surface area is 122 Å². The molecule has 1 aliphatic rings. The van der Waals surface area contributed by atoms with Crippen molar-refractivity contribution in [3.05, 3.63) is 44.9 Å². The summed E-state index contributed by atoms with van der Waals surface area (Å²) in [5.41, 5.74) is 0.119. The molecule has 0 aliphatic carbocycles. The maximum atomic E-state index is 12.1. The summed E-state index contributed by atoms with van der Waals surface area (Å²) in [5.74, 6) is -0.564. The monoisotopic (exact) mass is 291 g/mol. The number of esters is 1. The van der Waals surface area contributed by atoms with Gasteiger partial charge in [-0.15, -0.1) is 0 Å². The Morgan fingerprint density at radius 1 is 1.57 bits per heavy atom. The Morgan fingerprint density at radius 3 is 2.62 bits per heavy atom. The molecule has 0 saturated carbocycles. The second-order valence-corrected chi connectivity index (χ2v) is 4.64. The van der Waals surface area contributed by atoms with Gasteiger partial charge in [0, 0.05) is 12.2 Å². The molecule has 0 bridgehead atoms. The van der Waals surface area contributed by atoms with Crippen molar-refractivity contribution in [1.82, 2.24) is 4.90 Å². The van der Waals surface area contributed by atoms with Crippen molar-refractivity contribution in [2.24, 2.45) is 0 Å². The summed E-state index contributed by atoms with van der Waals surface area (Å²) in [6.07, 6.45) is 3.03. The zero-order valence-electron chi connectivity index (χ0n) is 12.4. The molecule has 0 amide bonds. The Morgan fingerprint density at radius 2 is 2.19 bits per heavy atom. The lowest BCUT2D eigenvalue weighted by molar-refractivity contribution is -0.418. The Kier molecular flexibility index (Phi) is 5.24. The van der Waals surface area contributed by atoms with Crippen LogP contribution in [0.4, 0.5) is 0 Å². The van der Waals surface area contributed by atoms with Crippen LogP contribution in [0.25, 0.3) is 0 Å².